The largest absolute Gasteiger partial charge is 0.100 e. The van der Waals surface area contributed by atoms with Gasteiger partial charge in [-0.15, -0.1) is 6.58 Å². The minimum absolute atomic E-state index is 1.10. The van der Waals surface area contributed by atoms with E-state index in [4.69, 9.17) is 0 Å². The molecule has 0 bridgehead atoms. The van der Waals surface area contributed by atoms with Crippen molar-refractivity contribution in [3.63, 3.8) is 0 Å². The molecule has 0 heteroatoms. The van der Waals surface area contributed by atoms with E-state index in [-0.39, 0.29) is 0 Å². The third-order valence-electron chi connectivity index (χ3n) is 1.89. The van der Waals surface area contributed by atoms with Crippen LogP contribution in [0.2, 0.25) is 0 Å². The van der Waals surface area contributed by atoms with Crippen molar-refractivity contribution in [1.29, 1.82) is 0 Å². The predicted molar refractivity (Wildman–Crippen MR) is 57.2 cm³/mol. The van der Waals surface area contributed by atoms with Crippen LogP contribution in [0.1, 0.15) is 39.0 Å². The highest BCUT2D eigenvalue weighted by molar-refractivity contribution is 5.10. The Morgan fingerprint density at radius 3 is 2.17 bits per heavy atom. The highest BCUT2D eigenvalue weighted by atomic mass is 14.0. The van der Waals surface area contributed by atoms with Crippen LogP contribution < -0.4 is 0 Å². The fourth-order valence-corrected chi connectivity index (χ4v) is 1.06. The molecule has 0 amide bonds. The molecule has 0 radical (unpaired) electrons. The van der Waals surface area contributed by atoms with Gasteiger partial charge in [-0.2, -0.15) is 0 Å². The molecular formula is C12H20. The van der Waals surface area contributed by atoms with Gasteiger partial charge in [-0.3, -0.25) is 0 Å². The molecule has 12 heavy (non-hydrogen) atoms. The van der Waals surface area contributed by atoms with E-state index in [1.165, 1.54) is 31.3 Å². The van der Waals surface area contributed by atoms with Crippen molar-refractivity contribution in [2.24, 2.45) is 0 Å². The molecule has 0 nitrogen and oxygen atoms in total. The zero-order valence-electron chi connectivity index (χ0n) is 8.23. The minimum atomic E-state index is 1.10. The van der Waals surface area contributed by atoms with Crippen LogP contribution in [0.25, 0.3) is 0 Å². The standard InChI is InChI=1S/C12H20/c1-5-12(4)10-8-6-7-9-11(2)3/h5H,1-2,4,6-10H2,3H3. The van der Waals surface area contributed by atoms with E-state index in [2.05, 4.69) is 26.7 Å². The summed E-state index contributed by atoms with van der Waals surface area (Å²) in [6, 6.07) is 0. The van der Waals surface area contributed by atoms with Crippen LogP contribution in [0, 0.1) is 0 Å². The highest BCUT2D eigenvalue weighted by Crippen LogP contribution is 2.11. The second-order valence-corrected chi connectivity index (χ2v) is 3.38. The molecule has 68 valence electrons. The van der Waals surface area contributed by atoms with E-state index in [0.717, 1.165) is 12.0 Å². The summed E-state index contributed by atoms with van der Waals surface area (Å²) in [6.07, 6.45) is 7.89. The zero-order valence-corrected chi connectivity index (χ0v) is 8.23. The Labute approximate surface area is 76.7 Å². The Kier molecular flexibility index (Phi) is 6.45. The third-order valence-corrected chi connectivity index (χ3v) is 1.89. The summed E-state index contributed by atoms with van der Waals surface area (Å²) < 4.78 is 0. The van der Waals surface area contributed by atoms with Gasteiger partial charge in [-0.25, -0.2) is 0 Å². The predicted octanol–water partition coefficient (Wildman–Crippen LogP) is 4.26. The monoisotopic (exact) mass is 164 g/mol. The van der Waals surface area contributed by atoms with Gasteiger partial charge in [-0.05, 0) is 32.6 Å². The van der Waals surface area contributed by atoms with Gasteiger partial charge in [0.2, 0.25) is 0 Å². The molecule has 0 spiro atoms. The van der Waals surface area contributed by atoms with Gasteiger partial charge in [0, 0.05) is 0 Å². The molecular weight excluding hydrogens is 144 g/mol. The van der Waals surface area contributed by atoms with Crippen LogP contribution in [0.4, 0.5) is 0 Å². The Bertz CT molecular complexity index is 163. The molecule has 0 saturated heterocycles. The first-order chi connectivity index (χ1) is 5.66. The van der Waals surface area contributed by atoms with Crippen molar-refractivity contribution in [3.05, 3.63) is 37.0 Å². The molecule has 0 atom stereocenters. The maximum Gasteiger partial charge on any atom is -0.0285 e. The normalized spacial score (nSPS) is 9.42. The van der Waals surface area contributed by atoms with Crippen molar-refractivity contribution in [2.45, 2.75) is 39.0 Å². The van der Waals surface area contributed by atoms with Gasteiger partial charge in [0.1, 0.15) is 0 Å². The topological polar surface area (TPSA) is 0 Å². The summed E-state index contributed by atoms with van der Waals surface area (Å²) in [6.45, 7) is 13.5. The maximum atomic E-state index is 3.87. The molecule has 0 N–H and O–H groups in total. The van der Waals surface area contributed by atoms with E-state index in [9.17, 15) is 0 Å². The average Bonchev–Trinajstić information content (AvgIpc) is 2.03. The molecule has 0 aliphatic rings. The molecule has 0 aromatic carbocycles. The lowest BCUT2D eigenvalue weighted by Crippen LogP contribution is -1.80. The van der Waals surface area contributed by atoms with Crippen molar-refractivity contribution >= 4 is 0 Å². The van der Waals surface area contributed by atoms with E-state index < -0.39 is 0 Å². The van der Waals surface area contributed by atoms with Crippen molar-refractivity contribution < 1.29 is 0 Å². The number of hydrogen-bond acceptors (Lipinski definition) is 0. The molecule has 0 aliphatic heterocycles. The first kappa shape index (κ1) is 11.2. The van der Waals surface area contributed by atoms with Crippen LogP contribution in [-0.4, -0.2) is 0 Å². The third kappa shape index (κ3) is 7.33. The van der Waals surface area contributed by atoms with E-state index in [1.54, 1.807) is 0 Å². The Morgan fingerprint density at radius 2 is 1.67 bits per heavy atom. The SMILES string of the molecule is C=CC(=C)CCCCCC(=C)C. The zero-order chi connectivity index (χ0) is 9.40. The van der Waals surface area contributed by atoms with E-state index in [0.29, 0.717) is 0 Å². The second-order valence-electron chi connectivity index (χ2n) is 3.38. The maximum absolute atomic E-state index is 3.87. The lowest BCUT2D eigenvalue weighted by Gasteiger charge is -2.00. The van der Waals surface area contributed by atoms with Crippen LogP contribution >= 0.6 is 0 Å². The van der Waals surface area contributed by atoms with Gasteiger partial charge in [0.15, 0.2) is 0 Å². The Hall–Kier alpha value is -0.780. The van der Waals surface area contributed by atoms with Crippen LogP contribution in [-0.2, 0) is 0 Å². The van der Waals surface area contributed by atoms with Gasteiger partial charge in [0.25, 0.3) is 0 Å². The summed E-state index contributed by atoms with van der Waals surface area (Å²) >= 11 is 0. The Balaban J connectivity index is 3.16. The molecule has 0 heterocycles. The summed E-state index contributed by atoms with van der Waals surface area (Å²) in [5, 5.41) is 0. The Morgan fingerprint density at radius 1 is 1.08 bits per heavy atom. The average molecular weight is 164 g/mol. The quantitative estimate of drug-likeness (QED) is 0.300. The smallest absolute Gasteiger partial charge is 0.0285 e. The van der Waals surface area contributed by atoms with Gasteiger partial charge in [0.05, 0.1) is 0 Å². The molecule has 0 aromatic heterocycles. The summed E-state index contributed by atoms with van der Waals surface area (Å²) in [7, 11) is 0. The molecule has 0 aromatic rings. The van der Waals surface area contributed by atoms with Crippen molar-refractivity contribution in [1.82, 2.24) is 0 Å². The van der Waals surface area contributed by atoms with Gasteiger partial charge < -0.3 is 0 Å². The summed E-state index contributed by atoms with van der Waals surface area (Å²) in [5.41, 5.74) is 2.45. The molecule has 0 aliphatic carbocycles. The molecule has 0 unspecified atom stereocenters. The molecule has 0 saturated carbocycles. The second kappa shape index (κ2) is 6.90. The summed E-state index contributed by atoms with van der Waals surface area (Å²) in [4.78, 5) is 0. The molecule has 0 rings (SSSR count). The van der Waals surface area contributed by atoms with Crippen LogP contribution in [0.15, 0.2) is 37.0 Å². The number of rotatable bonds is 7. The lowest BCUT2D eigenvalue weighted by atomic mass is 10.1. The van der Waals surface area contributed by atoms with Gasteiger partial charge >= 0.3 is 0 Å². The van der Waals surface area contributed by atoms with E-state index in [1.807, 2.05) is 6.08 Å². The minimum Gasteiger partial charge on any atom is -0.100 e. The number of allylic oxidation sites excluding steroid dienone is 3. The number of unbranched alkanes of at least 4 members (excludes halogenated alkanes) is 2. The highest BCUT2D eigenvalue weighted by Gasteiger charge is 1.91. The first-order valence-corrected chi connectivity index (χ1v) is 4.61. The first-order valence-electron chi connectivity index (χ1n) is 4.61. The van der Waals surface area contributed by atoms with Gasteiger partial charge in [-0.1, -0.05) is 36.8 Å². The summed E-state index contributed by atoms with van der Waals surface area (Å²) in [5.74, 6) is 0. The fraction of sp³-hybridized carbons (Fsp3) is 0.500. The van der Waals surface area contributed by atoms with Crippen LogP contribution in [0.3, 0.4) is 0 Å². The fourth-order valence-electron chi connectivity index (χ4n) is 1.06. The van der Waals surface area contributed by atoms with Crippen molar-refractivity contribution in [2.75, 3.05) is 0 Å². The van der Waals surface area contributed by atoms with Crippen LogP contribution in [0.5, 0.6) is 0 Å². The van der Waals surface area contributed by atoms with Crippen molar-refractivity contribution in [3.8, 4) is 0 Å². The van der Waals surface area contributed by atoms with E-state index >= 15 is 0 Å². The molecule has 0 fully saturated rings. The number of hydrogen-bond donors (Lipinski definition) is 0. The lowest BCUT2D eigenvalue weighted by molar-refractivity contribution is 0.678.